The van der Waals surface area contributed by atoms with Gasteiger partial charge in [-0.3, -0.25) is 9.69 Å². The maximum absolute atomic E-state index is 12.4. The molecule has 0 unspecified atom stereocenters. The zero-order valence-electron chi connectivity index (χ0n) is 15.7. The third-order valence-electron chi connectivity index (χ3n) is 4.14. The van der Waals surface area contributed by atoms with Crippen LogP contribution in [0.3, 0.4) is 0 Å². The highest BCUT2D eigenvalue weighted by atomic mass is 35.5. The van der Waals surface area contributed by atoms with Gasteiger partial charge in [0.2, 0.25) is 5.91 Å². The van der Waals surface area contributed by atoms with Gasteiger partial charge in [-0.05, 0) is 49.6 Å². The van der Waals surface area contributed by atoms with Crippen LogP contribution in [0.2, 0.25) is 5.02 Å². The number of carbonyl (C=O) groups excluding carboxylic acids is 1. The molecule has 0 spiro atoms. The second-order valence-electron chi connectivity index (χ2n) is 6.44. The minimum atomic E-state index is -0.101. The number of hydrogen-bond donors (Lipinski definition) is 0. The molecule has 1 heterocycles. The van der Waals surface area contributed by atoms with Crippen molar-refractivity contribution in [2.45, 2.75) is 38.3 Å². The molecule has 1 amide bonds. The van der Waals surface area contributed by atoms with Crippen LogP contribution in [0.15, 0.2) is 46.7 Å². The molecule has 0 N–H and O–H groups in total. The topological polar surface area (TPSA) is 33.2 Å². The minimum absolute atomic E-state index is 0.101. The second-order valence-corrected chi connectivity index (χ2v) is 8.70. The monoisotopic (exact) mass is 416 g/mol. The zero-order valence-corrected chi connectivity index (χ0v) is 18.1. The molecule has 2 aromatic carbocycles. The third kappa shape index (κ3) is 4.54. The molecule has 3 aromatic rings. The number of hydrogen-bond acceptors (Lipinski definition) is 4. The minimum Gasteiger partial charge on any atom is -0.274 e. The summed E-state index contributed by atoms with van der Waals surface area (Å²) in [6.45, 7) is 7.60. The number of aryl methyl sites for hydroxylation is 3. The molecule has 0 radical (unpaired) electrons. The van der Waals surface area contributed by atoms with E-state index in [0.29, 0.717) is 15.8 Å². The van der Waals surface area contributed by atoms with E-state index < -0.39 is 0 Å². The summed E-state index contributed by atoms with van der Waals surface area (Å²) in [6, 6.07) is 12.2. The average Bonchev–Trinajstić information content (AvgIpc) is 3.05. The number of thiazole rings is 1. The maximum Gasteiger partial charge on any atom is 0.230 e. The number of benzene rings is 2. The molecule has 3 nitrogen and oxygen atoms in total. The van der Waals surface area contributed by atoms with Crippen LogP contribution >= 0.6 is 34.7 Å². The van der Waals surface area contributed by atoms with E-state index in [1.165, 1.54) is 21.8 Å². The highest BCUT2D eigenvalue weighted by molar-refractivity contribution is 7.98. The molecule has 140 valence electrons. The van der Waals surface area contributed by atoms with Crippen LogP contribution in [-0.2, 0) is 10.5 Å². The average molecular weight is 417 g/mol. The Bertz CT molecular complexity index is 961. The van der Waals surface area contributed by atoms with Crippen molar-refractivity contribution in [3.8, 4) is 0 Å². The van der Waals surface area contributed by atoms with Gasteiger partial charge in [-0.2, -0.15) is 0 Å². The number of thioether (sulfide) groups is 1. The largest absolute Gasteiger partial charge is 0.274 e. The molecular formula is C21H21ClN2OS2. The van der Waals surface area contributed by atoms with Gasteiger partial charge in [0.15, 0.2) is 5.13 Å². The lowest BCUT2D eigenvalue weighted by Gasteiger charge is -2.22. The van der Waals surface area contributed by atoms with Gasteiger partial charge in [-0.25, -0.2) is 4.98 Å². The number of halogens is 1. The van der Waals surface area contributed by atoms with E-state index in [1.807, 2.05) is 43.5 Å². The fourth-order valence-electron chi connectivity index (χ4n) is 2.91. The van der Waals surface area contributed by atoms with Crippen LogP contribution < -0.4 is 4.90 Å². The molecule has 0 aliphatic rings. The molecule has 0 bridgehead atoms. The maximum atomic E-state index is 12.4. The Morgan fingerprint density at radius 1 is 1.19 bits per heavy atom. The van der Waals surface area contributed by atoms with E-state index in [9.17, 15) is 4.79 Å². The molecule has 0 aliphatic carbocycles. The number of nitrogens with zero attached hydrogens (tertiary/aromatic N) is 2. The Balaban J connectivity index is 1.87. The summed E-state index contributed by atoms with van der Waals surface area (Å²) in [7, 11) is 0. The third-order valence-corrected chi connectivity index (χ3v) is 6.51. The molecule has 0 atom stereocenters. The summed E-state index contributed by atoms with van der Waals surface area (Å²) in [5.74, 6) is 0.657. The smallest absolute Gasteiger partial charge is 0.230 e. The van der Waals surface area contributed by atoms with Gasteiger partial charge in [-0.15, -0.1) is 23.1 Å². The van der Waals surface area contributed by atoms with Crippen molar-refractivity contribution >= 4 is 51.4 Å². The second kappa shape index (κ2) is 8.46. The number of rotatable bonds is 5. The van der Waals surface area contributed by atoms with E-state index in [4.69, 9.17) is 16.6 Å². The standard InChI is InChI=1S/C21H21ClN2OS2/c1-13-9-15(3)20(18(22)10-13)24(16(4)25)21-23-17(12-27-21)11-26-19-8-6-5-7-14(19)2/h5-10,12H,11H2,1-4H3. The Labute approximate surface area is 173 Å². The summed E-state index contributed by atoms with van der Waals surface area (Å²) < 4.78 is 0. The van der Waals surface area contributed by atoms with Crippen LogP contribution in [0.4, 0.5) is 10.8 Å². The fourth-order valence-corrected chi connectivity index (χ4v) is 5.22. The van der Waals surface area contributed by atoms with Crippen molar-refractivity contribution in [1.29, 1.82) is 0 Å². The first-order chi connectivity index (χ1) is 12.9. The molecular weight excluding hydrogens is 396 g/mol. The van der Waals surface area contributed by atoms with E-state index >= 15 is 0 Å². The lowest BCUT2D eigenvalue weighted by atomic mass is 10.1. The summed E-state index contributed by atoms with van der Waals surface area (Å²) in [5, 5.41) is 3.22. The molecule has 3 rings (SSSR count). The number of aromatic nitrogens is 1. The van der Waals surface area contributed by atoms with Gasteiger partial charge in [0.1, 0.15) is 0 Å². The molecule has 0 saturated heterocycles. The van der Waals surface area contributed by atoms with Gasteiger partial charge < -0.3 is 0 Å². The zero-order chi connectivity index (χ0) is 19.6. The van der Waals surface area contributed by atoms with Crippen LogP contribution in [0, 0.1) is 20.8 Å². The predicted molar refractivity (Wildman–Crippen MR) is 117 cm³/mol. The quantitative estimate of drug-likeness (QED) is 0.434. The lowest BCUT2D eigenvalue weighted by Crippen LogP contribution is -2.24. The van der Waals surface area contributed by atoms with Gasteiger partial charge in [0.25, 0.3) is 0 Å². The number of amides is 1. The van der Waals surface area contributed by atoms with Crippen molar-refractivity contribution in [1.82, 2.24) is 4.98 Å². The Morgan fingerprint density at radius 3 is 2.59 bits per heavy atom. The summed E-state index contributed by atoms with van der Waals surface area (Å²) in [5.41, 5.74) is 4.95. The Morgan fingerprint density at radius 2 is 1.93 bits per heavy atom. The van der Waals surface area contributed by atoms with Gasteiger partial charge in [0, 0.05) is 23.0 Å². The van der Waals surface area contributed by atoms with Crippen LogP contribution in [-0.4, -0.2) is 10.9 Å². The van der Waals surface area contributed by atoms with Crippen LogP contribution in [0.1, 0.15) is 29.3 Å². The van der Waals surface area contributed by atoms with E-state index in [2.05, 4.69) is 19.1 Å². The van der Waals surface area contributed by atoms with E-state index in [-0.39, 0.29) is 5.91 Å². The van der Waals surface area contributed by atoms with Gasteiger partial charge >= 0.3 is 0 Å². The van der Waals surface area contributed by atoms with E-state index in [0.717, 1.165) is 22.6 Å². The van der Waals surface area contributed by atoms with Crippen molar-refractivity contribution in [2.75, 3.05) is 4.90 Å². The summed E-state index contributed by atoms with van der Waals surface area (Å²) >= 11 is 9.68. The van der Waals surface area contributed by atoms with Gasteiger partial charge in [-0.1, -0.05) is 35.9 Å². The van der Waals surface area contributed by atoms with Crippen LogP contribution in [0.5, 0.6) is 0 Å². The first kappa shape index (κ1) is 19.9. The molecule has 27 heavy (non-hydrogen) atoms. The molecule has 0 saturated carbocycles. The first-order valence-corrected chi connectivity index (χ1v) is 10.8. The normalized spacial score (nSPS) is 10.9. The van der Waals surface area contributed by atoms with Crippen molar-refractivity contribution in [2.24, 2.45) is 0 Å². The highest BCUT2D eigenvalue weighted by Crippen LogP contribution is 2.38. The molecule has 6 heteroatoms. The van der Waals surface area contributed by atoms with Crippen LogP contribution in [0.25, 0.3) is 0 Å². The SMILES string of the molecule is CC(=O)N(c1nc(CSc2ccccc2C)cs1)c1c(C)cc(C)cc1Cl. The first-order valence-electron chi connectivity index (χ1n) is 8.57. The van der Waals surface area contributed by atoms with Crippen molar-refractivity contribution < 1.29 is 4.79 Å². The Hall–Kier alpha value is -1.82. The molecule has 0 aliphatic heterocycles. The summed E-state index contributed by atoms with van der Waals surface area (Å²) in [4.78, 5) is 20.0. The molecule has 1 aromatic heterocycles. The number of carbonyl (C=O) groups is 1. The number of anilines is 2. The van der Waals surface area contributed by atoms with Gasteiger partial charge in [0.05, 0.1) is 16.4 Å². The highest BCUT2D eigenvalue weighted by Gasteiger charge is 2.22. The predicted octanol–water partition coefficient (Wildman–Crippen LogP) is 6.70. The fraction of sp³-hybridized carbons (Fsp3) is 0.238. The summed E-state index contributed by atoms with van der Waals surface area (Å²) in [6.07, 6.45) is 0. The molecule has 0 fully saturated rings. The lowest BCUT2D eigenvalue weighted by molar-refractivity contribution is -0.115. The van der Waals surface area contributed by atoms with Crippen molar-refractivity contribution in [3.05, 3.63) is 69.2 Å². The van der Waals surface area contributed by atoms with E-state index in [1.54, 1.807) is 23.6 Å². The Kier molecular flexibility index (Phi) is 6.25. The van der Waals surface area contributed by atoms with Crippen molar-refractivity contribution in [3.63, 3.8) is 0 Å².